The molecule has 1 atom stereocenters. The fraction of sp³-hybridized carbons (Fsp3) is 0.333. The van der Waals surface area contributed by atoms with Gasteiger partial charge in [-0.3, -0.25) is 0 Å². The third-order valence-corrected chi connectivity index (χ3v) is 3.99. The van der Waals surface area contributed by atoms with E-state index in [0.29, 0.717) is 0 Å². The number of aliphatic hydroxyl groups is 1. The summed E-state index contributed by atoms with van der Waals surface area (Å²) in [6, 6.07) is 10.8. The SMILES string of the molecule is OCC(CCc1cccs1)Cc1cccc(F)c1. The fourth-order valence-corrected chi connectivity index (χ4v) is 2.78. The highest BCUT2D eigenvalue weighted by Crippen LogP contribution is 2.18. The maximum absolute atomic E-state index is 13.1. The van der Waals surface area contributed by atoms with Gasteiger partial charge >= 0.3 is 0 Å². The van der Waals surface area contributed by atoms with Gasteiger partial charge in [-0.25, -0.2) is 4.39 Å². The molecule has 1 N–H and O–H groups in total. The standard InChI is InChI=1S/C15H17FOS/c16-14-4-1-3-12(10-14)9-13(11-17)6-7-15-5-2-8-18-15/h1-5,8,10,13,17H,6-7,9,11H2. The molecule has 1 heterocycles. The fourth-order valence-electron chi connectivity index (χ4n) is 2.06. The monoisotopic (exact) mass is 264 g/mol. The van der Waals surface area contributed by atoms with E-state index in [0.717, 1.165) is 24.8 Å². The van der Waals surface area contributed by atoms with E-state index in [1.54, 1.807) is 23.5 Å². The summed E-state index contributed by atoms with van der Waals surface area (Å²) in [7, 11) is 0. The van der Waals surface area contributed by atoms with Crippen molar-refractivity contribution in [3.8, 4) is 0 Å². The Hall–Kier alpha value is -1.19. The number of halogens is 1. The van der Waals surface area contributed by atoms with Crippen LogP contribution in [0.3, 0.4) is 0 Å². The number of aliphatic hydroxyl groups excluding tert-OH is 1. The number of hydrogen-bond acceptors (Lipinski definition) is 2. The molecular weight excluding hydrogens is 247 g/mol. The summed E-state index contributed by atoms with van der Waals surface area (Å²) in [5.74, 6) is -0.00338. The predicted octanol–water partition coefficient (Wildman–Crippen LogP) is 3.67. The van der Waals surface area contributed by atoms with Crippen molar-refractivity contribution in [1.29, 1.82) is 0 Å². The number of rotatable bonds is 6. The number of thiophene rings is 1. The molecule has 0 aliphatic rings. The van der Waals surface area contributed by atoms with E-state index in [1.807, 2.05) is 12.1 Å². The van der Waals surface area contributed by atoms with Gasteiger partial charge in [-0.15, -0.1) is 11.3 Å². The summed E-state index contributed by atoms with van der Waals surface area (Å²) in [5.41, 5.74) is 0.959. The molecule has 0 saturated heterocycles. The second-order valence-electron chi connectivity index (χ2n) is 4.50. The van der Waals surface area contributed by atoms with Crippen LogP contribution in [0.4, 0.5) is 4.39 Å². The molecule has 1 unspecified atom stereocenters. The van der Waals surface area contributed by atoms with Gasteiger partial charge in [-0.05, 0) is 54.3 Å². The Kier molecular flexibility index (Phi) is 4.90. The Morgan fingerprint density at radius 3 is 2.78 bits per heavy atom. The van der Waals surface area contributed by atoms with Gasteiger partial charge in [-0.2, -0.15) is 0 Å². The van der Waals surface area contributed by atoms with Crippen molar-refractivity contribution in [2.24, 2.45) is 5.92 Å². The van der Waals surface area contributed by atoms with Crippen LogP contribution in [-0.4, -0.2) is 11.7 Å². The zero-order valence-electron chi connectivity index (χ0n) is 10.2. The first-order valence-corrected chi connectivity index (χ1v) is 7.03. The number of benzene rings is 1. The van der Waals surface area contributed by atoms with Crippen molar-refractivity contribution in [3.05, 3.63) is 58.0 Å². The van der Waals surface area contributed by atoms with Crippen molar-refractivity contribution >= 4 is 11.3 Å². The summed E-state index contributed by atoms with van der Waals surface area (Å²) in [4.78, 5) is 1.34. The molecule has 96 valence electrons. The molecule has 0 radical (unpaired) electrons. The normalized spacial score (nSPS) is 12.6. The van der Waals surface area contributed by atoms with Crippen molar-refractivity contribution < 1.29 is 9.50 Å². The van der Waals surface area contributed by atoms with Crippen molar-refractivity contribution in [2.45, 2.75) is 19.3 Å². The molecule has 0 aliphatic carbocycles. The first-order valence-electron chi connectivity index (χ1n) is 6.15. The Labute approximate surface area is 111 Å². The van der Waals surface area contributed by atoms with Gasteiger partial charge < -0.3 is 5.11 Å². The van der Waals surface area contributed by atoms with Crippen LogP contribution >= 0.6 is 11.3 Å². The van der Waals surface area contributed by atoms with Gasteiger partial charge in [0.25, 0.3) is 0 Å². The van der Waals surface area contributed by atoms with E-state index in [1.165, 1.54) is 10.9 Å². The van der Waals surface area contributed by atoms with E-state index in [9.17, 15) is 9.50 Å². The molecule has 2 aromatic rings. The number of aryl methyl sites for hydroxylation is 1. The summed E-state index contributed by atoms with van der Waals surface area (Å²) in [6.07, 6.45) is 2.66. The molecule has 0 spiro atoms. The maximum Gasteiger partial charge on any atom is 0.123 e. The molecular formula is C15H17FOS. The minimum atomic E-state index is -0.206. The van der Waals surface area contributed by atoms with Crippen LogP contribution in [0.15, 0.2) is 41.8 Å². The molecule has 0 amide bonds. The summed E-state index contributed by atoms with van der Waals surface area (Å²) < 4.78 is 13.1. The maximum atomic E-state index is 13.1. The number of hydrogen-bond donors (Lipinski definition) is 1. The summed E-state index contributed by atoms with van der Waals surface area (Å²) in [6.45, 7) is 0.155. The lowest BCUT2D eigenvalue weighted by Crippen LogP contribution is -2.10. The van der Waals surface area contributed by atoms with Crippen LogP contribution in [0.2, 0.25) is 0 Å². The third-order valence-electron chi connectivity index (χ3n) is 3.05. The largest absolute Gasteiger partial charge is 0.396 e. The lowest BCUT2D eigenvalue weighted by Gasteiger charge is -2.13. The zero-order chi connectivity index (χ0) is 12.8. The van der Waals surface area contributed by atoms with Crippen molar-refractivity contribution in [3.63, 3.8) is 0 Å². The van der Waals surface area contributed by atoms with Crippen LogP contribution in [0.25, 0.3) is 0 Å². The van der Waals surface area contributed by atoms with Crippen LogP contribution in [-0.2, 0) is 12.8 Å². The molecule has 18 heavy (non-hydrogen) atoms. The van der Waals surface area contributed by atoms with Gasteiger partial charge in [-0.1, -0.05) is 18.2 Å². The topological polar surface area (TPSA) is 20.2 Å². The highest BCUT2D eigenvalue weighted by molar-refractivity contribution is 7.09. The molecule has 2 rings (SSSR count). The van der Waals surface area contributed by atoms with Crippen LogP contribution in [0.5, 0.6) is 0 Å². The van der Waals surface area contributed by atoms with Crippen molar-refractivity contribution in [2.75, 3.05) is 6.61 Å². The van der Waals surface area contributed by atoms with E-state index in [2.05, 4.69) is 11.4 Å². The van der Waals surface area contributed by atoms with Gasteiger partial charge in [0.2, 0.25) is 0 Å². The van der Waals surface area contributed by atoms with E-state index in [-0.39, 0.29) is 18.3 Å². The van der Waals surface area contributed by atoms with E-state index >= 15 is 0 Å². The highest BCUT2D eigenvalue weighted by Gasteiger charge is 2.09. The Bertz CT molecular complexity index is 467. The average Bonchev–Trinajstić information content (AvgIpc) is 2.87. The molecule has 0 aliphatic heterocycles. The molecule has 3 heteroatoms. The minimum Gasteiger partial charge on any atom is -0.396 e. The lowest BCUT2D eigenvalue weighted by atomic mass is 9.95. The molecule has 1 nitrogen and oxygen atoms in total. The molecule has 0 saturated carbocycles. The minimum absolute atomic E-state index is 0.155. The summed E-state index contributed by atoms with van der Waals surface area (Å²) in [5, 5.41) is 11.5. The first kappa shape index (κ1) is 13.2. The van der Waals surface area contributed by atoms with E-state index in [4.69, 9.17) is 0 Å². The Morgan fingerprint density at radius 1 is 1.22 bits per heavy atom. The molecule has 1 aromatic carbocycles. The zero-order valence-corrected chi connectivity index (χ0v) is 11.0. The Balaban J connectivity index is 1.89. The smallest absolute Gasteiger partial charge is 0.123 e. The first-order chi connectivity index (χ1) is 8.78. The highest BCUT2D eigenvalue weighted by atomic mass is 32.1. The molecule has 0 bridgehead atoms. The van der Waals surface area contributed by atoms with Crippen LogP contribution in [0.1, 0.15) is 16.9 Å². The lowest BCUT2D eigenvalue weighted by molar-refractivity contribution is 0.218. The predicted molar refractivity (Wildman–Crippen MR) is 73.3 cm³/mol. The van der Waals surface area contributed by atoms with Gasteiger partial charge in [0.05, 0.1) is 0 Å². The van der Waals surface area contributed by atoms with Crippen molar-refractivity contribution in [1.82, 2.24) is 0 Å². The second-order valence-corrected chi connectivity index (χ2v) is 5.53. The van der Waals surface area contributed by atoms with Crippen LogP contribution < -0.4 is 0 Å². The summed E-state index contributed by atoms with van der Waals surface area (Å²) >= 11 is 1.74. The molecule has 1 aromatic heterocycles. The van der Waals surface area contributed by atoms with Gasteiger partial charge in [0, 0.05) is 11.5 Å². The molecule has 0 fully saturated rings. The quantitative estimate of drug-likeness (QED) is 0.844. The van der Waals surface area contributed by atoms with Gasteiger partial charge in [0.15, 0.2) is 0 Å². The average molecular weight is 264 g/mol. The van der Waals surface area contributed by atoms with Crippen LogP contribution in [0, 0.1) is 11.7 Å². The van der Waals surface area contributed by atoms with E-state index < -0.39 is 0 Å². The van der Waals surface area contributed by atoms with Gasteiger partial charge in [0.1, 0.15) is 5.82 Å². The Morgan fingerprint density at radius 2 is 2.11 bits per heavy atom. The third kappa shape index (κ3) is 3.93. The second kappa shape index (κ2) is 6.66.